The summed E-state index contributed by atoms with van der Waals surface area (Å²) in [6, 6.07) is 0. The molecule has 0 fully saturated rings. The maximum absolute atomic E-state index is 2.48. The van der Waals surface area contributed by atoms with E-state index < -0.39 is 17.4 Å². The summed E-state index contributed by atoms with van der Waals surface area (Å²) in [7, 11) is 13.4. The molecule has 0 saturated carbocycles. The van der Waals surface area contributed by atoms with E-state index in [4.69, 9.17) is 0 Å². The van der Waals surface area contributed by atoms with Crippen molar-refractivity contribution in [2.24, 2.45) is 0 Å². The predicted molar refractivity (Wildman–Crippen MR) is 72.1 cm³/mol. The van der Waals surface area contributed by atoms with Crippen LogP contribution in [0.1, 0.15) is 19.8 Å². The third-order valence-corrected chi connectivity index (χ3v) is 11.6. The molecule has 0 saturated heterocycles. The van der Waals surface area contributed by atoms with Crippen molar-refractivity contribution in [3.05, 3.63) is 21.6 Å². The number of nitrogens with zero attached hydrogens (tertiary/aromatic N) is 3. The van der Waals surface area contributed by atoms with E-state index in [-0.39, 0.29) is 0 Å². The normalized spacial score (nSPS) is 17.1. The van der Waals surface area contributed by atoms with Crippen molar-refractivity contribution in [1.29, 1.82) is 0 Å². The first kappa shape index (κ1) is 15.1. The van der Waals surface area contributed by atoms with Gasteiger partial charge in [0, 0.05) is 0 Å². The summed E-state index contributed by atoms with van der Waals surface area (Å²) in [6.45, 7) is 2.26. The van der Waals surface area contributed by atoms with Gasteiger partial charge in [0.05, 0.1) is 0 Å². The summed E-state index contributed by atoms with van der Waals surface area (Å²) < 4.78 is 9.14. The molecule has 17 heavy (non-hydrogen) atoms. The van der Waals surface area contributed by atoms with Gasteiger partial charge in [0.15, 0.2) is 0 Å². The van der Waals surface area contributed by atoms with Crippen molar-refractivity contribution in [3.8, 4) is 0 Å². The monoisotopic (exact) mass is 273 g/mol. The predicted octanol–water partition coefficient (Wildman–Crippen LogP) is 2.19. The van der Waals surface area contributed by atoms with E-state index >= 15 is 0 Å². The van der Waals surface area contributed by atoms with Crippen LogP contribution in [0.15, 0.2) is 21.6 Å². The molecule has 0 aromatic heterocycles. The molecule has 0 heterocycles. The van der Waals surface area contributed by atoms with Gasteiger partial charge in [0.25, 0.3) is 0 Å². The van der Waals surface area contributed by atoms with Crippen molar-refractivity contribution >= 4 is 0 Å². The Morgan fingerprint density at radius 2 is 1.47 bits per heavy atom. The van der Waals surface area contributed by atoms with Crippen molar-refractivity contribution in [1.82, 2.24) is 10.1 Å². The van der Waals surface area contributed by atoms with E-state index in [9.17, 15) is 0 Å². The molecule has 0 spiro atoms. The molecule has 0 aromatic carbocycles. The molecule has 0 aliphatic heterocycles. The second-order valence-corrected chi connectivity index (χ2v) is 12.4. The van der Waals surface area contributed by atoms with E-state index in [1.165, 1.54) is 0 Å². The summed E-state index contributed by atoms with van der Waals surface area (Å²) >= 11 is -2.47. The van der Waals surface area contributed by atoms with Gasteiger partial charge >= 0.3 is 111 Å². The molecule has 1 aliphatic carbocycles. The number of allylic oxidation sites excluding steroid dienone is 4. The molecule has 0 radical (unpaired) electrons. The minimum atomic E-state index is -2.47. The van der Waals surface area contributed by atoms with E-state index in [1.54, 1.807) is 9.45 Å². The van der Waals surface area contributed by atoms with Crippen LogP contribution in [0.4, 0.5) is 0 Å². The van der Waals surface area contributed by atoms with E-state index in [2.05, 4.69) is 71.5 Å². The number of rotatable bonds is 5. The molecular weight excluding hydrogens is 246 g/mol. The Kier molecular flexibility index (Phi) is 5.17. The Hall–Kier alpha value is 0.0743. The summed E-state index contributed by atoms with van der Waals surface area (Å²) in [5, 5.41) is 0. The quantitative estimate of drug-likeness (QED) is 0.711. The molecule has 0 unspecified atom stereocenters. The van der Waals surface area contributed by atoms with Crippen molar-refractivity contribution in [2.45, 2.75) is 19.8 Å². The van der Waals surface area contributed by atoms with Crippen LogP contribution in [0.25, 0.3) is 0 Å². The van der Waals surface area contributed by atoms with Gasteiger partial charge in [-0.15, -0.1) is 0 Å². The molecule has 3 nitrogen and oxygen atoms in total. The molecule has 1 rings (SSSR count). The molecule has 1 aliphatic rings. The zero-order valence-corrected chi connectivity index (χ0v) is 14.0. The Bertz CT molecular complexity index is 308. The second-order valence-electron chi connectivity index (χ2n) is 5.28. The third kappa shape index (κ3) is 2.45. The number of hydrogen-bond donors (Lipinski definition) is 0. The summed E-state index contributed by atoms with van der Waals surface area (Å²) in [5.74, 6) is 0. The zero-order valence-electron chi connectivity index (χ0n) is 12.4. The van der Waals surface area contributed by atoms with Crippen LogP contribution in [0.3, 0.4) is 0 Å². The summed E-state index contributed by atoms with van der Waals surface area (Å²) in [4.78, 5) is 0. The average molecular weight is 273 g/mol. The molecule has 0 atom stereocenters. The Morgan fingerprint density at radius 1 is 1.00 bits per heavy atom. The van der Waals surface area contributed by atoms with Gasteiger partial charge in [-0.25, -0.2) is 0 Å². The van der Waals surface area contributed by atoms with Crippen LogP contribution in [0.2, 0.25) is 0 Å². The van der Waals surface area contributed by atoms with Crippen LogP contribution in [-0.2, 0) is 17.4 Å². The van der Waals surface area contributed by atoms with E-state index in [0.717, 1.165) is 12.8 Å². The molecule has 0 N–H and O–H groups in total. The first-order chi connectivity index (χ1) is 7.88. The number of hydrogen-bond acceptors (Lipinski definition) is 3. The van der Waals surface area contributed by atoms with Crippen LogP contribution >= 0.6 is 0 Å². The Morgan fingerprint density at radius 3 is 1.82 bits per heavy atom. The summed E-state index contributed by atoms with van der Waals surface area (Å²) in [5.41, 5.74) is 1.56. The molecule has 98 valence electrons. The van der Waals surface area contributed by atoms with Crippen molar-refractivity contribution in [2.75, 3.05) is 42.3 Å². The van der Waals surface area contributed by atoms with Crippen LogP contribution < -0.4 is 0 Å². The Balaban J connectivity index is 3.33. The maximum atomic E-state index is 2.48. The molecular formula is C13H27N3Ti. The van der Waals surface area contributed by atoms with Gasteiger partial charge in [-0.1, -0.05) is 0 Å². The minimum absolute atomic E-state index is 1.14. The first-order valence-electron chi connectivity index (χ1n) is 6.30. The zero-order chi connectivity index (χ0) is 13.2. The van der Waals surface area contributed by atoms with E-state index in [0.29, 0.717) is 0 Å². The topological polar surface area (TPSA) is 9.72 Å². The Labute approximate surface area is 111 Å². The molecule has 0 amide bonds. The van der Waals surface area contributed by atoms with Gasteiger partial charge < -0.3 is 0 Å². The van der Waals surface area contributed by atoms with Crippen LogP contribution in [-0.4, -0.2) is 52.4 Å². The van der Waals surface area contributed by atoms with E-state index in [1.807, 2.05) is 0 Å². The van der Waals surface area contributed by atoms with Crippen molar-refractivity contribution in [3.63, 3.8) is 0 Å². The average Bonchev–Trinajstić information content (AvgIpc) is 2.65. The van der Waals surface area contributed by atoms with Gasteiger partial charge in [-0.05, 0) is 0 Å². The van der Waals surface area contributed by atoms with Gasteiger partial charge in [0.1, 0.15) is 0 Å². The summed E-state index contributed by atoms with van der Waals surface area (Å²) in [6.07, 6.45) is 6.93. The van der Waals surface area contributed by atoms with Crippen LogP contribution in [0.5, 0.6) is 0 Å². The third-order valence-electron chi connectivity index (χ3n) is 3.69. The fourth-order valence-electron chi connectivity index (χ4n) is 3.24. The van der Waals surface area contributed by atoms with Gasteiger partial charge in [0.2, 0.25) is 0 Å². The molecule has 0 bridgehead atoms. The molecule has 4 heteroatoms. The fraction of sp³-hybridized carbons (Fsp3) is 0.692. The second kappa shape index (κ2) is 5.81. The van der Waals surface area contributed by atoms with Crippen molar-refractivity contribution < 1.29 is 17.4 Å². The first-order valence-corrected chi connectivity index (χ1v) is 9.17. The fourth-order valence-corrected chi connectivity index (χ4v) is 11.2. The SMILES string of the molecule is CCC1=[C]([Ti]([N](C)C)([N](C)C)[N](C)C)CC=C1. The molecule has 0 aromatic rings. The van der Waals surface area contributed by atoms with Crippen LogP contribution in [0, 0.1) is 0 Å². The van der Waals surface area contributed by atoms with Gasteiger partial charge in [-0.3, -0.25) is 0 Å². The standard InChI is InChI=1S/C7H9.3C2H6N.Ti/c1-2-7-5-3-4-6-7;3*1-3-2;/h3,5H,2,4H2,1H3;3*1-2H3;/q;3*-1;+3. The van der Waals surface area contributed by atoms with Gasteiger partial charge in [-0.2, -0.15) is 0 Å².